The van der Waals surface area contributed by atoms with Gasteiger partial charge in [-0.3, -0.25) is 14.7 Å². The summed E-state index contributed by atoms with van der Waals surface area (Å²) in [6.07, 6.45) is 4.42. The largest absolute Gasteiger partial charge is 0.376 e. The monoisotopic (exact) mass is 394 g/mol. The van der Waals surface area contributed by atoms with E-state index in [1.54, 1.807) is 11.8 Å². The maximum absolute atomic E-state index is 11.8. The van der Waals surface area contributed by atoms with Crippen LogP contribution in [0.2, 0.25) is 0 Å². The van der Waals surface area contributed by atoms with Gasteiger partial charge in [0.1, 0.15) is 0 Å². The maximum Gasteiger partial charge on any atom is 0.232 e. The van der Waals surface area contributed by atoms with E-state index >= 15 is 0 Å². The van der Waals surface area contributed by atoms with Crippen LogP contribution in [-0.4, -0.2) is 57.1 Å². The highest BCUT2D eigenvalue weighted by Gasteiger charge is 2.27. The van der Waals surface area contributed by atoms with Crippen LogP contribution in [0.4, 0.5) is 5.69 Å². The van der Waals surface area contributed by atoms with Crippen molar-refractivity contribution in [3.63, 3.8) is 0 Å². The second kappa shape index (κ2) is 7.21. The quantitative estimate of drug-likeness (QED) is 0.838. The van der Waals surface area contributed by atoms with Gasteiger partial charge in [0.2, 0.25) is 10.0 Å². The van der Waals surface area contributed by atoms with Gasteiger partial charge >= 0.3 is 0 Å². The number of thioether (sulfide) groups is 1. The van der Waals surface area contributed by atoms with E-state index in [1.807, 2.05) is 12.1 Å². The minimum atomic E-state index is -3.21. The summed E-state index contributed by atoms with van der Waals surface area (Å²) >= 11 is 1.63. The molecule has 3 aliphatic heterocycles. The summed E-state index contributed by atoms with van der Waals surface area (Å²) in [5.74, 6) is 0.742. The first-order valence-electron chi connectivity index (χ1n) is 8.73. The molecular formula is C17H22N4O3S2. The van der Waals surface area contributed by atoms with Gasteiger partial charge in [0.05, 0.1) is 30.3 Å². The first-order chi connectivity index (χ1) is 12.5. The Morgan fingerprint density at radius 2 is 2.35 bits per heavy atom. The van der Waals surface area contributed by atoms with Crippen molar-refractivity contribution in [1.82, 2.24) is 5.43 Å². The lowest BCUT2D eigenvalue weighted by Crippen LogP contribution is -2.27. The van der Waals surface area contributed by atoms with E-state index in [1.165, 1.54) is 10.6 Å². The molecule has 0 spiro atoms. The van der Waals surface area contributed by atoms with Crippen molar-refractivity contribution in [2.75, 3.05) is 36.0 Å². The topological polar surface area (TPSA) is 83.4 Å². The molecule has 0 aromatic heterocycles. The molecule has 1 aromatic carbocycles. The number of fused-ring (bicyclic) bond motifs is 1. The molecule has 26 heavy (non-hydrogen) atoms. The van der Waals surface area contributed by atoms with E-state index in [0.29, 0.717) is 13.1 Å². The minimum absolute atomic E-state index is 0.241. The van der Waals surface area contributed by atoms with Crippen LogP contribution in [-0.2, 0) is 21.2 Å². The molecule has 0 aliphatic carbocycles. The maximum atomic E-state index is 11.8. The third-order valence-corrected chi connectivity index (χ3v) is 6.85. The van der Waals surface area contributed by atoms with Gasteiger partial charge in [0, 0.05) is 18.9 Å². The number of ether oxygens (including phenoxy) is 1. The Labute approximate surface area is 157 Å². The number of anilines is 1. The predicted molar refractivity (Wildman–Crippen MR) is 106 cm³/mol. The van der Waals surface area contributed by atoms with Crippen LogP contribution < -0.4 is 9.73 Å². The standard InChI is InChI=1S/C17H22N4O3S2/c1-26(22,23)21-7-6-13-9-12(4-5-16(13)21)15-11-25-17(20-19-15)18-10-14-3-2-8-24-14/h4-5,9,14H,2-3,6-8,10-11H2,1H3,(H,18,20). The number of hydrazone groups is 1. The van der Waals surface area contributed by atoms with Crippen molar-refractivity contribution < 1.29 is 13.2 Å². The number of rotatable bonds is 4. The molecule has 4 rings (SSSR count). The van der Waals surface area contributed by atoms with Gasteiger partial charge in [0.25, 0.3) is 0 Å². The van der Waals surface area contributed by atoms with Crippen molar-refractivity contribution in [2.24, 2.45) is 10.1 Å². The van der Waals surface area contributed by atoms with Crippen LogP contribution in [0.25, 0.3) is 0 Å². The molecule has 140 valence electrons. The summed E-state index contributed by atoms with van der Waals surface area (Å²) in [7, 11) is -3.21. The molecule has 0 amide bonds. The molecule has 1 N–H and O–H groups in total. The number of sulfonamides is 1. The predicted octanol–water partition coefficient (Wildman–Crippen LogP) is 1.58. The van der Waals surface area contributed by atoms with Crippen LogP contribution in [0.15, 0.2) is 28.3 Å². The normalized spacial score (nSPS) is 24.5. The van der Waals surface area contributed by atoms with Gasteiger partial charge in [-0.25, -0.2) is 8.42 Å². The molecule has 0 bridgehead atoms. The van der Waals surface area contributed by atoms with Crippen LogP contribution in [0.5, 0.6) is 0 Å². The zero-order chi connectivity index (χ0) is 18.1. The number of nitrogens with zero attached hydrogens (tertiary/aromatic N) is 3. The van der Waals surface area contributed by atoms with Crippen molar-refractivity contribution in [1.29, 1.82) is 0 Å². The summed E-state index contributed by atoms with van der Waals surface area (Å²) in [5, 5.41) is 5.29. The summed E-state index contributed by atoms with van der Waals surface area (Å²) in [5.41, 5.74) is 6.85. The third kappa shape index (κ3) is 3.74. The molecule has 1 aromatic rings. The zero-order valence-electron chi connectivity index (χ0n) is 14.6. The minimum Gasteiger partial charge on any atom is -0.376 e. The molecule has 1 saturated heterocycles. The lowest BCUT2D eigenvalue weighted by atomic mass is 10.1. The number of hydrogen-bond donors (Lipinski definition) is 1. The van der Waals surface area contributed by atoms with Gasteiger partial charge < -0.3 is 4.74 Å². The number of amidine groups is 1. The molecule has 7 nitrogen and oxygen atoms in total. The fourth-order valence-electron chi connectivity index (χ4n) is 3.41. The lowest BCUT2D eigenvalue weighted by Gasteiger charge is -2.18. The summed E-state index contributed by atoms with van der Waals surface area (Å²) in [4.78, 5) is 4.55. The number of hydrogen-bond acceptors (Lipinski definition) is 6. The molecule has 0 saturated carbocycles. The Morgan fingerprint density at radius 1 is 1.46 bits per heavy atom. The SMILES string of the molecule is CS(=O)(=O)N1CCc2cc(C3=NNC(=NCC4CCCO4)SC3)ccc21. The Hall–Kier alpha value is -1.58. The summed E-state index contributed by atoms with van der Waals surface area (Å²) in [6.45, 7) is 2.03. The van der Waals surface area contributed by atoms with Crippen molar-refractivity contribution in [3.8, 4) is 0 Å². The molecule has 0 radical (unpaired) electrons. The van der Waals surface area contributed by atoms with Gasteiger partial charge in [-0.1, -0.05) is 17.8 Å². The third-order valence-electron chi connectivity index (χ3n) is 4.76. The Morgan fingerprint density at radius 3 is 3.04 bits per heavy atom. The van der Waals surface area contributed by atoms with E-state index in [0.717, 1.165) is 59.3 Å². The first-order valence-corrected chi connectivity index (χ1v) is 11.6. The van der Waals surface area contributed by atoms with Crippen LogP contribution in [0.3, 0.4) is 0 Å². The Bertz CT molecular complexity index is 861. The van der Waals surface area contributed by atoms with Gasteiger partial charge in [0.15, 0.2) is 5.17 Å². The molecule has 3 aliphatic rings. The number of nitrogens with one attached hydrogen (secondary N) is 1. The Balaban J connectivity index is 1.45. The van der Waals surface area contributed by atoms with Crippen LogP contribution >= 0.6 is 11.8 Å². The average molecular weight is 395 g/mol. The van der Waals surface area contributed by atoms with Gasteiger partial charge in [-0.05, 0) is 42.5 Å². The molecule has 1 unspecified atom stereocenters. The summed E-state index contributed by atoms with van der Waals surface area (Å²) in [6, 6.07) is 5.88. The highest BCUT2D eigenvalue weighted by atomic mass is 32.2. The van der Waals surface area contributed by atoms with Crippen LogP contribution in [0.1, 0.15) is 24.0 Å². The smallest absolute Gasteiger partial charge is 0.232 e. The van der Waals surface area contributed by atoms with E-state index in [-0.39, 0.29) is 6.10 Å². The molecular weight excluding hydrogens is 372 g/mol. The molecule has 1 fully saturated rings. The number of benzene rings is 1. The Kier molecular flexibility index (Phi) is 4.94. The lowest BCUT2D eigenvalue weighted by molar-refractivity contribution is 0.118. The summed E-state index contributed by atoms with van der Waals surface area (Å²) < 4.78 is 30.7. The van der Waals surface area contributed by atoms with Gasteiger partial charge in [-0.15, -0.1) is 0 Å². The molecule has 3 heterocycles. The van der Waals surface area contributed by atoms with E-state index in [9.17, 15) is 8.42 Å². The van der Waals surface area contributed by atoms with Crippen LogP contribution in [0, 0.1) is 0 Å². The highest BCUT2D eigenvalue weighted by molar-refractivity contribution is 8.14. The van der Waals surface area contributed by atoms with Crippen molar-refractivity contribution in [3.05, 3.63) is 29.3 Å². The van der Waals surface area contributed by atoms with Crippen molar-refractivity contribution >= 4 is 38.4 Å². The molecule has 9 heteroatoms. The van der Waals surface area contributed by atoms with Gasteiger partial charge in [-0.2, -0.15) is 5.10 Å². The fourth-order valence-corrected chi connectivity index (χ4v) is 5.15. The highest BCUT2D eigenvalue weighted by Crippen LogP contribution is 2.31. The fraction of sp³-hybridized carbons (Fsp3) is 0.529. The molecule has 1 atom stereocenters. The second-order valence-corrected chi connectivity index (χ2v) is 9.54. The number of aliphatic imine (C=N–C) groups is 1. The second-order valence-electron chi connectivity index (χ2n) is 6.67. The zero-order valence-corrected chi connectivity index (χ0v) is 16.3. The average Bonchev–Trinajstić information content (AvgIpc) is 3.29. The first kappa shape index (κ1) is 17.8. The van der Waals surface area contributed by atoms with Crippen molar-refractivity contribution in [2.45, 2.75) is 25.4 Å². The van der Waals surface area contributed by atoms with E-state index < -0.39 is 10.0 Å². The van der Waals surface area contributed by atoms with E-state index in [4.69, 9.17) is 4.74 Å². The van der Waals surface area contributed by atoms with E-state index in [2.05, 4.69) is 21.6 Å².